The van der Waals surface area contributed by atoms with Crippen molar-refractivity contribution < 1.29 is 14.2 Å². The molecule has 0 aliphatic carbocycles. The van der Waals surface area contributed by atoms with Gasteiger partial charge in [-0.25, -0.2) is 0 Å². The third-order valence-electron chi connectivity index (χ3n) is 2.37. The van der Waals surface area contributed by atoms with E-state index in [1.807, 2.05) is 0 Å². The maximum Gasteiger partial charge on any atom is 0.316 e. The number of non-ortho nitro benzene ring substituents is 1. The SMILES string of the molecule is NCCNC(=O)c1nc(-c2cccc([N+](=O)[O-])c2)no1. The Kier molecular flexibility index (Phi) is 4.01. The van der Waals surface area contributed by atoms with Crippen LogP contribution in [0.5, 0.6) is 0 Å². The van der Waals surface area contributed by atoms with Crippen LogP contribution in [0.3, 0.4) is 0 Å². The number of nitro groups is 1. The van der Waals surface area contributed by atoms with Crippen LogP contribution in [0.1, 0.15) is 10.7 Å². The second-order valence-electron chi connectivity index (χ2n) is 3.78. The van der Waals surface area contributed by atoms with Crippen molar-refractivity contribution in [2.75, 3.05) is 13.1 Å². The fraction of sp³-hybridized carbons (Fsp3) is 0.182. The lowest BCUT2D eigenvalue weighted by atomic mass is 10.2. The van der Waals surface area contributed by atoms with Crippen LogP contribution in [0.25, 0.3) is 11.4 Å². The summed E-state index contributed by atoms with van der Waals surface area (Å²) < 4.78 is 4.79. The van der Waals surface area contributed by atoms with Crippen molar-refractivity contribution in [1.82, 2.24) is 15.5 Å². The fourth-order valence-electron chi connectivity index (χ4n) is 1.45. The molecule has 1 aromatic carbocycles. The molecule has 0 radical (unpaired) electrons. The van der Waals surface area contributed by atoms with Gasteiger partial charge < -0.3 is 15.6 Å². The molecular weight excluding hydrogens is 266 g/mol. The minimum atomic E-state index is -0.542. The number of rotatable bonds is 5. The Morgan fingerprint density at radius 3 is 3.00 bits per heavy atom. The molecular formula is C11H11N5O4. The van der Waals surface area contributed by atoms with Crippen LogP contribution < -0.4 is 11.1 Å². The Labute approximate surface area is 112 Å². The van der Waals surface area contributed by atoms with Gasteiger partial charge in [0.15, 0.2) is 0 Å². The van der Waals surface area contributed by atoms with E-state index in [0.29, 0.717) is 5.56 Å². The van der Waals surface area contributed by atoms with E-state index in [-0.39, 0.29) is 30.5 Å². The molecule has 0 unspecified atom stereocenters. The Hall–Kier alpha value is -2.81. The van der Waals surface area contributed by atoms with Gasteiger partial charge in [0.05, 0.1) is 4.92 Å². The first-order chi connectivity index (χ1) is 9.61. The molecule has 0 fully saturated rings. The lowest BCUT2D eigenvalue weighted by Crippen LogP contribution is -2.29. The second kappa shape index (κ2) is 5.89. The third kappa shape index (κ3) is 2.95. The molecule has 20 heavy (non-hydrogen) atoms. The summed E-state index contributed by atoms with van der Waals surface area (Å²) in [5, 5.41) is 16.8. The van der Waals surface area contributed by atoms with Crippen molar-refractivity contribution in [3.8, 4) is 11.4 Å². The monoisotopic (exact) mass is 277 g/mol. The number of nitrogens with two attached hydrogens (primary N) is 1. The van der Waals surface area contributed by atoms with Gasteiger partial charge in [-0.1, -0.05) is 17.3 Å². The summed E-state index contributed by atoms with van der Waals surface area (Å²) in [5.74, 6) is -0.661. The molecule has 0 aliphatic heterocycles. The number of hydrogen-bond acceptors (Lipinski definition) is 7. The van der Waals surface area contributed by atoms with Crippen LogP contribution in [0.2, 0.25) is 0 Å². The van der Waals surface area contributed by atoms with Crippen LogP contribution in [-0.2, 0) is 0 Å². The Morgan fingerprint density at radius 1 is 1.50 bits per heavy atom. The Balaban J connectivity index is 2.22. The van der Waals surface area contributed by atoms with Crippen molar-refractivity contribution in [2.24, 2.45) is 5.73 Å². The lowest BCUT2D eigenvalue weighted by molar-refractivity contribution is -0.384. The predicted octanol–water partition coefficient (Wildman–Crippen LogP) is 0.333. The van der Waals surface area contributed by atoms with Gasteiger partial charge >= 0.3 is 11.8 Å². The fourth-order valence-corrected chi connectivity index (χ4v) is 1.45. The average Bonchev–Trinajstić information content (AvgIpc) is 2.94. The van der Waals surface area contributed by atoms with E-state index in [1.165, 1.54) is 18.2 Å². The van der Waals surface area contributed by atoms with Gasteiger partial charge in [0, 0.05) is 30.8 Å². The number of amides is 1. The van der Waals surface area contributed by atoms with Crippen LogP contribution in [0.4, 0.5) is 5.69 Å². The summed E-state index contributed by atoms with van der Waals surface area (Å²) in [6.45, 7) is 0.574. The normalized spacial score (nSPS) is 10.2. The Bertz CT molecular complexity index is 639. The standard InChI is InChI=1S/C11H11N5O4/c12-4-5-13-10(17)11-14-9(15-20-11)7-2-1-3-8(6-7)16(18)19/h1-3,6H,4-5,12H2,(H,13,17). The van der Waals surface area contributed by atoms with E-state index < -0.39 is 10.8 Å². The number of nitrogens with zero attached hydrogens (tertiary/aromatic N) is 3. The second-order valence-corrected chi connectivity index (χ2v) is 3.78. The molecule has 1 aromatic heterocycles. The molecule has 0 aliphatic rings. The van der Waals surface area contributed by atoms with Gasteiger partial charge in [0.25, 0.3) is 5.69 Å². The molecule has 3 N–H and O–H groups in total. The van der Waals surface area contributed by atoms with Gasteiger partial charge in [-0.15, -0.1) is 0 Å². The summed E-state index contributed by atoms with van der Waals surface area (Å²) in [6, 6.07) is 5.72. The van der Waals surface area contributed by atoms with Gasteiger partial charge in [-0.05, 0) is 0 Å². The Morgan fingerprint density at radius 2 is 2.30 bits per heavy atom. The van der Waals surface area contributed by atoms with Gasteiger partial charge in [-0.2, -0.15) is 4.98 Å². The zero-order valence-electron chi connectivity index (χ0n) is 10.3. The zero-order chi connectivity index (χ0) is 14.5. The van der Waals surface area contributed by atoms with Crippen LogP contribution in [-0.4, -0.2) is 34.1 Å². The number of nitro benzene ring substituents is 1. The number of carbonyl (C=O) groups excluding carboxylic acids is 1. The highest BCUT2D eigenvalue weighted by atomic mass is 16.6. The number of carbonyl (C=O) groups is 1. The average molecular weight is 277 g/mol. The maximum atomic E-state index is 11.6. The van der Waals surface area contributed by atoms with Crippen LogP contribution in [0.15, 0.2) is 28.8 Å². The molecule has 0 saturated carbocycles. The summed E-state index contributed by atoms with van der Waals surface area (Å²) in [6.07, 6.45) is 0. The highest BCUT2D eigenvalue weighted by Crippen LogP contribution is 2.21. The van der Waals surface area contributed by atoms with E-state index in [1.54, 1.807) is 6.07 Å². The minimum Gasteiger partial charge on any atom is -0.347 e. The van der Waals surface area contributed by atoms with Crippen molar-refractivity contribution in [3.05, 3.63) is 40.3 Å². The highest BCUT2D eigenvalue weighted by molar-refractivity contribution is 5.89. The van der Waals surface area contributed by atoms with Crippen LogP contribution >= 0.6 is 0 Å². The molecule has 0 bridgehead atoms. The van der Waals surface area contributed by atoms with Gasteiger partial charge in [-0.3, -0.25) is 14.9 Å². The molecule has 0 atom stereocenters. The number of aromatic nitrogens is 2. The van der Waals surface area contributed by atoms with E-state index in [0.717, 1.165) is 0 Å². The highest BCUT2D eigenvalue weighted by Gasteiger charge is 2.16. The maximum absolute atomic E-state index is 11.6. The summed E-state index contributed by atoms with van der Waals surface area (Å²) in [5.41, 5.74) is 5.54. The van der Waals surface area contributed by atoms with E-state index in [4.69, 9.17) is 10.3 Å². The summed E-state index contributed by atoms with van der Waals surface area (Å²) in [7, 11) is 0. The molecule has 0 saturated heterocycles. The number of nitrogens with one attached hydrogen (secondary N) is 1. The molecule has 0 spiro atoms. The van der Waals surface area contributed by atoms with Gasteiger partial charge in [0.1, 0.15) is 0 Å². The van der Waals surface area contributed by atoms with Crippen molar-refractivity contribution >= 4 is 11.6 Å². The molecule has 9 nitrogen and oxygen atoms in total. The molecule has 1 heterocycles. The van der Waals surface area contributed by atoms with Crippen molar-refractivity contribution in [1.29, 1.82) is 0 Å². The predicted molar refractivity (Wildman–Crippen MR) is 67.8 cm³/mol. The van der Waals surface area contributed by atoms with E-state index >= 15 is 0 Å². The molecule has 104 valence electrons. The topological polar surface area (TPSA) is 137 Å². The molecule has 1 amide bonds. The summed E-state index contributed by atoms with van der Waals surface area (Å²) >= 11 is 0. The minimum absolute atomic E-state index is 0.0959. The quantitative estimate of drug-likeness (QED) is 0.593. The molecule has 9 heteroatoms. The molecule has 2 aromatic rings. The van der Waals surface area contributed by atoms with Crippen LogP contribution in [0, 0.1) is 10.1 Å². The largest absolute Gasteiger partial charge is 0.347 e. The third-order valence-corrected chi connectivity index (χ3v) is 2.37. The van der Waals surface area contributed by atoms with Gasteiger partial charge in [0.2, 0.25) is 5.82 Å². The molecule has 2 rings (SSSR count). The van der Waals surface area contributed by atoms with E-state index in [9.17, 15) is 14.9 Å². The smallest absolute Gasteiger partial charge is 0.316 e. The van der Waals surface area contributed by atoms with Crippen molar-refractivity contribution in [2.45, 2.75) is 0 Å². The summed E-state index contributed by atoms with van der Waals surface area (Å²) in [4.78, 5) is 25.6. The lowest BCUT2D eigenvalue weighted by Gasteiger charge is -1.96. The first-order valence-corrected chi connectivity index (χ1v) is 5.68. The number of hydrogen-bond donors (Lipinski definition) is 2. The zero-order valence-corrected chi connectivity index (χ0v) is 10.3. The van der Waals surface area contributed by atoms with E-state index in [2.05, 4.69) is 15.5 Å². The first-order valence-electron chi connectivity index (χ1n) is 5.68. The van der Waals surface area contributed by atoms with Crippen molar-refractivity contribution in [3.63, 3.8) is 0 Å². The number of benzene rings is 1. The first kappa shape index (κ1) is 13.6.